The summed E-state index contributed by atoms with van der Waals surface area (Å²) in [7, 11) is 0. The van der Waals surface area contributed by atoms with E-state index in [1.54, 1.807) is 0 Å². The minimum absolute atomic E-state index is 0.185. The first-order valence-electron chi connectivity index (χ1n) is 6.02. The fourth-order valence-electron chi connectivity index (χ4n) is 2.49. The van der Waals surface area contributed by atoms with Crippen molar-refractivity contribution in [1.29, 1.82) is 0 Å². The second kappa shape index (κ2) is 4.70. The number of halogens is 1. The first-order valence-corrected chi connectivity index (χ1v) is 6.02. The van der Waals surface area contributed by atoms with Gasteiger partial charge in [0.15, 0.2) is 0 Å². The Hall–Kier alpha value is -1.01. The number of hydrogen-bond donors (Lipinski definition) is 4. The van der Waals surface area contributed by atoms with Gasteiger partial charge >= 0.3 is 0 Å². The average molecular weight is 236 g/mol. The molecule has 1 aromatic rings. The molecule has 0 spiro atoms. The van der Waals surface area contributed by atoms with Gasteiger partial charge in [0.2, 0.25) is 0 Å². The molecule has 1 aromatic carbocycles. The summed E-state index contributed by atoms with van der Waals surface area (Å²) in [6.07, 6.45) is 0.278. The summed E-state index contributed by atoms with van der Waals surface area (Å²) in [6.45, 7) is 2.67. The molecular weight excluding hydrogens is 219 g/mol. The van der Waals surface area contributed by atoms with Crippen LogP contribution in [0.1, 0.15) is 11.6 Å². The molecule has 0 aromatic heterocycles. The van der Waals surface area contributed by atoms with Crippen LogP contribution in [0, 0.1) is 5.82 Å². The highest BCUT2D eigenvalue weighted by atomic mass is 19.1. The van der Waals surface area contributed by atoms with Crippen LogP contribution < -0.4 is 21.3 Å². The molecule has 2 aliphatic heterocycles. The van der Waals surface area contributed by atoms with Crippen LogP contribution in [0.2, 0.25) is 0 Å². The van der Waals surface area contributed by atoms with E-state index in [9.17, 15) is 4.39 Å². The van der Waals surface area contributed by atoms with Gasteiger partial charge in [-0.2, -0.15) is 0 Å². The highest BCUT2D eigenvalue weighted by Crippen LogP contribution is 2.17. The van der Waals surface area contributed by atoms with Gasteiger partial charge in [0.25, 0.3) is 0 Å². The predicted octanol–water partition coefficient (Wildman–Crippen LogP) is -0.0954. The molecule has 0 saturated carbocycles. The number of nitrogens with one attached hydrogen (secondary N) is 4. The first kappa shape index (κ1) is 11.1. The van der Waals surface area contributed by atoms with E-state index in [1.807, 2.05) is 12.1 Å². The zero-order valence-electron chi connectivity index (χ0n) is 9.54. The normalized spacial score (nSPS) is 33.1. The Morgan fingerprint density at radius 3 is 2.71 bits per heavy atom. The standard InChI is InChI=1S/C12H17FN4/c13-9-3-1-8(2-4-9)10-6-15-11-5-14-7-16-12(11)17-10/h1-4,10-12,14-17H,5-7H2. The van der Waals surface area contributed by atoms with Crippen LogP contribution in [-0.4, -0.2) is 32.0 Å². The Kier molecular flexibility index (Phi) is 3.07. The Balaban J connectivity index is 1.71. The molecule has 2 fully saturated rings. The van der Waals surface area contributed by atoms with Gasteiger partial charge in [-0.15, -0.1) is 0 Å². The van der Waals surface area contributed by atoms with Gasteiger partial charge in [-0.25, -0.2) is 4.39 Å². The molecule has 4 N–H and O–H groups in total. The third-order valence-electron chi connectivity index (χ3n) is 3.45. The average Bonchev–Trinajstić information content (AvgIpc) is 2.39. The van der Waals surface area contributed by atoms with Gasteiger partial charge in [-0.05, 0) is 17.7 Å². The van der Waals surface area contributed by atoms with Crippen molar-refractivity contribution in [3.63, 3.8) is 0 Å². The molecule has 2 saturated heterocycles. The number of benzene rings is 1. The van der Waals surface area contributed by atoms with Crippen molar-refractivity contribution in [2.45, 2.75) is 18.2 Å². The van der Waals surface area contributed by atoms with Crippen LogP contribution in [0.15, 0.2) is 24.3 Å². The Bertz CT molecular complexity index is 381. The van der Waals surface area contributed by atoms with E-state index in [2.05, 4.69) is 21.3 Å². The number of rotatable bonds is 1. The second-order valence-corrected chi connectivity index (χ2v) is 4.60. The van der Waals surface area contributed by atoms with Crippen LogP contribution in [0.3, 0.4) is 0 Å². The van der Waals surface area contributed by atoms with Gasteiger partial charge in [-0.1, -0.05) is 12.1 Å². The van der Waals surface area contributed by atoms with Crippen LogP contribution in [0.4, 0.5) is 4.39 Å². The fourth-order valence-corrected chi connectivity index (χ4v) is 2.49. The lowest BCUT2D eigenvalue weighted by molar-refractivity contribution is 0.195. The molecular formula is C12H17FN4. The molecule has 2 aliphatic rings. The van der Waals surface area contributed by atoms with E-state index in [4.69, 9.17) is 0 Å². The van der Waals surface area contributed by atoms with Crippen molar-refractivity contribution in [3.8, 4) is 0 Å². The smallest absolute Gasteiger partial charge is 0.123 e. The van der Waals surface area contributed by atoms with E-state index in [1.165, 1.54) is 12.1 Å². The molecule has 3 unspecified atom stereocenters. The van der Waals surface area contributed by atoms with E-state index >= 15 is 0 Å². The largest absolute Gasteiger partial charge is 0.308 e. The Morgan fingerprint density at radius 2 is 1.88 bits per heavy atom. The number of hydrogen-bond acceptors (Lipinski definition) is 4. The minimum Gasteiger partial charge on any atom is -0.308 e. The van der Waals surface area contributed by atoms with Crippen molar-refractivity contribution in [2.24, 2.45) is 0 Å². The van der Waals surface area contributed by atoms with Gasteiger partial charge < -0.3 is 10.6 Å². The van der Waals surface area contributed by atoms with Gasteiger partial charge in [0.1, 0.15) is 5.82 Å². The van der Waals surface area contributed by atoms with E-state index in [0.717, 1.165) is 25.3 Å². The summed E-state index contributed by atoms with van der Waals surface area (Å²) in [5, 5.41) is 13.7. The molecule has 4 nitrogen and oxygen atoms in total. The zero-order chi connectivity index (χ0) is 11.7. The lowest BCUT2D eigenvalue weighted by Gasteiger charge is -2.42. The summed E-state index contributed by atoms with van der Waals surface area (Å²) in [5.74, 6) is -0.185. The van der Waals surface area contributed by atoms with Crippen LogP contribution in [0.5, 0.6) is 0 Å². The maximum atomic E-state index is 12.9. The molecule has 0 aliphatic carbocycles. The van der Waals surface area contributed by atoms with Crippen molar-refractivity contribution in [1.82, 2.24) is 21.3 Å². The third kappa shape index (κ3) is 2.32. The third-order valence-corrected chi connectivity index (χ3v) is 3.45. The molecule has 2 heterocycles. The molecule has 92 valence electrons. The van der Waals surface area contributed by atoms with Crippen LogP contribution in [0.25, 0.3) is 0 Å². The quantitative estimate of drug-likeness (QED) is 0.550. The molecule has 5 heteroatoms. The van der Waals surface area contributed by atoms with E-state index in [0.29, 0.717) is 6.04 Å². The lowest BCUT2D eigenvalue weighted by Crippen LogP contribution is -2.69. The van der Waals surface area contributed by atoms with E-state index in [-0.39, 0.29) is 18.0 Å². The summed E-state index contributed by atoms with van der Waals surface area (Å²) in [6, 6.07) is 7.37. The Morgan fingerprint density at radius 1 is 1.06 bits per heavy atom. The van der Waals surface area contributed by atoms with Crippen molar-refractivity contribution in [2.75, 3.05) is 19.8 Å². The highest BCUT2D eigenvalue weighted by molar-refractivity contribution is 5.21. The summed E-state index contributed by atoms with van der Waals surface area (Å²) >= 11 is 0. The summed E-state index contributed by atoms with van der Waals surface area (Å²) < 4.78 is 12.9. The molecule has 0 amide bonds. The maximum absolute atomic E-state index is 12.9. The molecule has 17 heavy (non-hydrogen) atoms. The summed E-state index contributed by atoms with van der Waals surface area (Å²) in [4.78, 5) is 0. The van der Waals surface area contributed by atoms with E-state index < -0.39 is 0 Å². The zero-order valence-corrected chi connectivity index (χ0v) is 9.54. The Labute approximate surface area is 100.0 Å². The number of piperazine rings is 1. The van der Waals surface area contributed by atoms with Gasteiger partial charge in [0, 0.05) is 31.8 Å². The molecule has 3 rings (SSSR count). The van der Waals surface area contributed by atoms with Crippen molar-refractivity contribution in [3.05, 3.63) is 35.6 Å². The number of fused-ring (bicyclic) bond motifs is 1. The molecule has 0 bridgehead atoms. The minimum atomic E-state index is -0.185. The lowest BCUT2D eigenvalue weighted by atomic mass is 10.0. The highest BCUT2D eigenvalue weighted by Gasteiger charge is 2.31. The van der Waals surface area contributed by atoms with Crippen molar-refractivity contribution >= 4 is 0 Å². The van der Waals surface area contributed by atoms with Crippen molar-refractivity contribution < 1.29 is 4.39 Å². The maximum Gasteiger partial charge on any atom is 0.123 e. The monoisotopic (exact) mass is 236 g/mol. The fraction of sp³-hybridized carbons (Fsp3) is 0.500. The van der Waals surface area contributed by atoms with Crippen LogP contribution in [-0.2, 0) is 0 Å². The SMILES string of the molecule is Fc1ccc(C2CNC3CNCNC3N2)cc1. The topological polar surface area (TPSA) is 48.1 Å². The van der Waals surface area contributed by atoms with Gasteiger partial charge in [0.05, 0.1) is 6.17 Å². The predicted molar refractivity (Wildman–Crippen MR) is 63.9 cm³/mol. The molecule has 3 atom stereocenters. The first-order chi connectivity index (χ1) is 8.33. The second-order valence-electron chi connectivity index (χ2n) is 4.60. The van der Waals surface area contributed by atoms with Gasteiger partial charge in [-0.3, -0.25) is 10.6 Å². The summed E-state index contributed by atoms with van der Waals surface area (Å²) in [5.41, 5.74) is 1.12. The van der Waals surface area contributed by atoms with Crippen LogP contribution >= 0.6 is 0 Å². The molecule has 0 radical (unpaired) electrons.